The van der Waals surface area contributed by atoms with Crippen molar-refractivity contribution < 1.29 is 27.9 Å². The fourth-order valence-electron chi connectivity index (χ4n) is 3.43. The van der Waals surface area contributed by atoms with Gasteiger partial charge in [-0.15, -0.1) is 10.2 Å². The van der Waals surface area contributed by atoms with Crippen LogP contribution in [0.1, 0.15) is 49.6 Å². The molecule has 7 nitrogen and oxygen atoms in total. The molecule has 1 aliphatic rings. The summed E-state index contributed by atoms with van der Waals surface area (Å²) in [7, 11) is 0. The van der Waals surface area contributed by atoms with Gasteiger partial charge in [-0.25, -0.2) is 0 Å². The number of thioether (sulfide) groups is 1. The number of halogens is 5. The van der Waals surface area contributed by atoms with Crippen LogP contribution in [0.4, 0.5) is 18.9 Å². The van der Waals surface area contributed by atoms with Crippen molar-refractivity contribution in [1.82, 2.24) is 14.8 Å². The second-order valence-electron chi connectivity index (χ2n) is 9.34. The van der Waals surface area contributed by atoms with E-state index in [-0.39, 0.29) is 32.3 Å². The van der Waals surface area contributed by atoms with Gasteiger partial charge in [0.05, 0.1) is 27.2 Å². The Balaban J connectivity index is 1.49. The highest BCUT2D eigenvalue weighted by molar-refractivity contribution is 7.99. The van der Waals surface area contributed by atoms with E-state index in [1.165, 1.54) is 32.0 Å². The van der Waals surface area contributed by atoms with Gasteiger partial charge in [0, 0.05) is 5.56 Å². The van der Waals surface area contributed by atoms with Crippen molar-refractivity contribution in [2.24, 2.45) is 5.41 Å². The summed E-state index contributed by atoms with van der Waals surface area (Å²) in [5, 5.41) is 18.9. The molecule has 0 saturated heterocycles. The third-order valence-corrected chi connectivity index (χ3v) is 7.32. The average Bonchev–Trinajstić information content (AvgIpc) is 3.61. The summed E-state index contributed by atoms with van der Waals surface area (Å²) >= 11 is 13.4. The molecule has 1 heterocycles. The maximum absolute atomic E-state index is 13.7. The van der Waals surface area contributed by atoms with Crippen LogP contribution in [-0.4, -0.2) is 37.5 Å². The van der Waals surface area contributed by atoms with E-state index in [2.05, 4.69) is 27.4 Å². The molecule has 2 N–H and O–H groups in total. The number of anilines is 1. The first-order chi connectivity index (χ1) is 18.3. The van der Waals surface area contributed by atoms with Gasteiger partial charge in [-0.05, 0) is 68.5 Å². The number of benzene rings is 2. The zero-order valence-electron chi connectivity index (χ0n) is 20.6. The molecule has 1 aliphatic carbocycles. The van der Waals surface area contributed by atoms with Crippen LogP contribution >= 0.6 is 35.0 Å². The van der Waals surface area contributed by atoms with E-state index in [0.29, 0.717) is 11.5 Å². The molecular formula is C26H21Cl2F3N4O3S. The van der Waals surface area contributed by atoms with Crippen molar-refractivity contribution in [2.75, 3.05) is 11.1 Å². The first-order valence-corrected chi connectivity index (χ1v) is 13.3. The minimum Gasteiger partial charge on any atom is -0.480 e. The van der Waals surface area contributed by atoms with E-state index in [1.54, 1.807) is 18.2 Å². The summed E-state index contributed by atoms with van der Waals surface area (Å²) in [5.74, 6) is 2.58. The lowest BCUT2D eigenvalue weighted by atomic mass is 9.94. The van der Waals surface area contributed by atoms with Crippen LogP contribution in [0.5, 0.6) is 0 Å². The molecule has 2 aromatic carbocycles. The Morgan fingerprint density at radius 3 is 2.44 bits per heavy atom. The van der Waals surface area contributed by atoms with Gasteiger partial charge < -0.3 is 10.4 Å². The number of rotatable bonds is 7. The summed E-state index contributed by atoms with van der Waals surface area (Å²) in [6.07, 6.45) is -2.78. The number of amides is 1. The number of carboxylic acid groups (broad SMARTS) is 1. The van der Waals surface area contributed by atoms with Crippen LogP contribution < -0.4 is 5.32 Å². The Kier molecular flexibility index (Phi) is 8.21. The fourth-order valence-corrected chi connectivity index (χ4v) is 4.68. The van der Waals surface area contributed by atoms with Crippen molar-refractivity contribution >= 4 is 52.5 Å². The lowest BCUT2D eigenvalue weighted by Gasteiger charge is -2.14. The van der Waals surface area contributed by atoms with Gasteiger partial charge in [0.1, 0.15) is 5.41 Å². The molecular weight excluding hydrogens is 576 g/mol. The first kappa shape index (κ1) is 28.8. The number of nitrogens with one attached hydrogen (secondary N) is 1. The van der Waals surface area contributed by atoms with Gasteiger partial charge in [0.25, 0.3) is 0 Å². The number of carbonyl (C=O) groups excluding carboxylic acids is 1. The number of hydrogen-bond acceptors (Lipinski definition) is 5. The summed E-state index contributed by atoms with van der Waals surface area (Å²) in [6, 6.07) is 9.40. The smallest absolute Gasteiger partial charge is 0.452 e. The molecule has 0 bridgehead atoms. The zero-order valence-corrected chi connectivity index (χ0v) is 22.9. The van der Waals surface area contributed by atoms with Crippen molar-refractivity contribution in [3.05, 3.63) is 63.4 Å². The lowest BCUT2D eigenvalue weighted by Crippen LogP contribution is -2.21. The maximum Gasteiger partial charge on any atom is 0.452 e. The largest absolute Gasteiger partial charge is 0.480 e. The number of alkyl halides is 3. The van der Waals surface area contributed by atoms with Crippen LogP contribution in [0.25, 0.3) is 5.69 Å². The summed E-state index contributed by atoms with van der Waals surface area (Å²) in [6.45, 7) is 2.93. The van der Waals surface area contributed by atoms with E-state index >= 15 is 0 Å². The van der Waals surface area contributed by atoms with E-state index in [0.717, 1.165) is 34.7 Å². The minimum atomic E-state index is -4.80. The van der Waals surface area contributed by atoms with Crippen LogP contribution in [0.3, 0.4) is 0 Å². The summed E-state index contributed by atoms with van der Waals surface area (Å²) in [5.41, 5.74) is 0.457. The predicted molar refractivity (Wildman–Crippen MR) is 142 cm³/mol. The third kappa shape index (κ3) is 6.87. The molecule has 0 spiro atoms. The molecule has 204 valence electrons. The molecule has 0 atom stereocenters. The Morgan fingerprint density at radius 2 is 1.85 bits per heavy atom. The molecule has 1 aromatic heterocycles. The number of carboxylic acids is 1. The Bertz CT molecular complexity index is 1510. The molecule has 1 saturated carbocycles. The highest BCUT2D eigenvalue weighted by Gasteiger charge is 2.39. The molecule has 13 heteroatoms. The highest BCUT2D eigenvalue weighted by Crippen LogP contribution is 2.42. The Hall–Kier alpha value is -3.20. The molecule has 0 unspecified atom stereocenters. The molecule has 3 aromatic rings. The Labute approximate surface area is 236 Å². The molecule has 39 heavy (non-hydrogen) atoms. The second kappa shape index (κ2) is 11.1. The summed E-state index contributed by atoms with van der Waals surface area (Å²) < 4.78 is 41.9. The van der Waals surface area contributed by atoms with Crippen LogP contribution in [-0.2, 0) is 15.8 Å². The van der Waals surface area contributed by atoms with E-state index in [1.807, 2.05) is 0 Å². The lowest BCUT2D eigenvalue weighted by molar-refractivity contribution is -0.146. The third-order valence-electron chi connectivity index (χ3n) is 5.78. The number of hydrogen-bond donors (Lipinski definition) is 2. The van der Waals surface area contributed by atoms with Gasteiger partial charge in [0.15, 0.2) is 5.16 Å². The number of aliphatic carboxylic acids is 1. The topological polar surface area (TPSA) is 97.1 Å². The number of nitrogens with zero attached hydrogens (tertiary/aromatic N) is 3. The normalized spacial score (nSPS) is 13.5. The number of carbonyl (C=O) groups is 2. The van der Waals surface area contributed by atoms with E-state index < -0.39 is 29.3 Å². The highest BCUT2D eigenvalue weighted by atomic mass is 35.5. The molecule has 4 rings (SSSR count). The average molecular weight is 597 g/mol. The molecule has 0 radical (unpaired) electrons. The Morgan fingerprint density at radius 1 is 1.13 bits per heavy atom. The summed E-state index contributed by atoms with van der Waals surface area (Å²) in [4.78, 5) is 23.8. The first-order valence-electron chi connectivity index (χ1n) is 11.6. The van der Waals surface area contributed by atoms with E-state index in [4.69, 9.17) is 28.3 Å². The van der Waals surface area contributed by atoms with Gasteiger partial charge in [0.2, 0.25) is 11.7 Å². The maximum atomic E-state index is 13.7. The molecule has 1 fully saturated rings. The monoisotopic (exact) mass is 596 g/mol. The van der Waals surface area contributed by atoms with Gasteiger partial charge in [-0.2, -0.15) is 13.2 Å². The second-order valence-corrected chi connectivity index (χ2v) is 11.1. The standard InChI is InChI=1S/C26H21Cl2F3N4O3S/c1-25(2,23(37)38)10-9-14-3-7-19(17(27)11-14)32-21(36)13-39-24-34-33-22(26(29,30)31)35(24)20-8-6-16(12-18(20)28)15-4-5-15/h3,6-8,11-12,15H,4-5,13H2,1-2H3,(H,32,36)(H,37,38). The number of aromatic nitrogens is 3. The van der Waals surface area contributed by atoms with Crippen molar-refractivity contribution in [3.8, 4) is 17.5 Å². The van der Waals surface area contributed by atoms with Crippen LogP contribution in [0, 0.1) is 17.3 Å². The SMILES string of the molecule is CC(C)(C#Cc1ccc(NC(=O)CSc2nnc(C(F)(F)F)n2-c2ccc(C3CC3)cc2Cl)c(Cl)c1)C(=O)O. The van der Waals surface area contributed by atoms with Crippen LogP contribution in [0.15, 0.2) is 41.6 Å². The predicted octanol–water partition coefficient (Wildman–Crippen LogP) is 6.66. The van der Waals surface area contributed by atoms with Crippen molar-refractivity contribution in [3.63, 3.8) is 0 Å². The zero-order chi connectivity index (χ0) is 28.5. The van der Waals surface area contributed by atoms with Crippen LogP contribution in [0.2, 0.25) is 10.0 Å². The van der Waals surface area contributed by atoms with Gasteiger partial charge in [-0.1, -0.05) is 52.9 Å². The van der Waals surface area contributed by atoms with E-state index in [9.17, 15) is 22.8 Å². The molecule has 0 aliphatic heterocycles. The van der Waals surface area contributed by atoms with Gasteiger partial charge >= 0.3 is 12.1 Å². The fraction of sp³-hybridized carbons (Fsp3) is 0.308. The van der Waals surface area contributed by atoms with Crippen molar-refractivity contribution in [2.45, 2.75) is 43.9 Å². The van der Waals surface area contributed by atoms with Gasteiger partial charge in [-0.3, -0.25) is 14.2 Å². The quantitative estimate of drug-likeness (QED) is 0.234. The minimum absolute atomic E-state index is 0.0621. The molecule has 1 amide bonds. The van der Waals surface area contributed by atoms with Crippen molar-refractivity contribution in [1.29, 1.82) is 0 Å².